The molecule has 5 rings (SSSR count). The highest BCUT2D eigenvalue weighted by atomic mass is 16.5. The van der Waals surface area contributed by atoms with Crippen LogP contribution in [0.3, 0.4) is 0 Å². The highest BCUT2D eigenvalue weighted by Gasteiger charge is 2.56. The summed E-state index contributed by atoms with van der Waals surface area (Å²) in [5.41, 5.74) is 4.04. The van der Waals surface area contributed by atoms with Gasteiger partial charge in [0.15, 0.2) is 0 Å². The lowest BCUT2D eigenvalue weighted by Crippen LogP contribution is -2.50. The Bertz CT molecular complexity index is 955. The summed E-state index contributed by atoms with van der Waals surface area (Å²) in [7, 11) is 0. The lowest BCUT2D eigenvalue weighted by Gasteiger charge is -2.57. The first-order valence-corrected chi connectivity index (χ1v) is 11.1. The zero-order chi connectivity index (χ0) is 22.0. The first kappa shape index (κ1) is 16.8. The van der Waals surface area contributed by atoms with Gasteiger partial charge in [0, 0.05) is 28.5 Å². The number of ether oxygens (including phenoxy) is 1. The maximum absolute atomic E-state index is 11.6. The van der Waals surface area contributed by atoms with E-state index in [1.54, 1.807) is 0 Å². The molecule has 2 saturated carbocycles. The molecule has 0 amide bonds. The van der Waals surface area contributed by atoms with Gasteiger partial charge in [0.1, 0.15) is 6.10 Å². The van der Waals surface area contributed by atoms with Crippen LogP contribution in [-0.2, 0) is 9.53 Å². The van der Waals surface area contributed by atoms with Gasteiger partial charge in [-0.2, -0.15) is 0 Å². The van der Waals surface area contributed by atoms with Crippen molar-refractivity contribution in [3.8, 4) is 0 Å². The largest absolute Gasteiger partial charge is 0.462 e. The molecule has 0 bridgehead atoms. The van der Waals surface area contributed by atoms with Gasteiger partial charge in [-0.15, -0.1) is 0 Å². The standard InChI is InChI=1S/C26H33NO2/c1-17(28)29-20-10-12-25(2)19(15-20)6-7-21-23-9-8-22(18-5-4-14-27-16-18)26(23,3)13-11-24(21)25/h4-6,8,14,16,20-21,23-24H,7,9-13,15H2,1-3H3/t20-,21?,23?,24?,25-,26+/m0/s1/i10D2. The van der Waals surface area contributed by atoms with Crippen LogP contribution >= 0.6 is 0 Å². The van der Waals surface area contributed by atoms with E-state index in [2.05, 4.69) is 37.0 Å². The number of pyridine rings is 1. The second-order valence-corrected chi connectivity index (χ2v) is 9.99. The summed E-state index contributed by atoms with van der Waals surface area (Å²) < 4.78 is 22.8. The van der Waals surface area contributed by atoms with Gasteiger partial charge in [-0.1, -0.05) is 37.6 Å². The van der Waals surface area contributed by atoms with Crippen molar-refractivity contribution in [2.75, 3.05) is 0 Å². The van der Waals surface area contributed by atoms with E-state index in [1.165, 1.54) is 23.6 Å². The van der Waals surface area contributed by atoms with Crippen LogP contribution in [0.25, 0.3) is 5.57 Å². The topological polar surface area (TPSA) is 39.2 Å². The van der Waals surface area contributed by atoms with Gasteiger partial charge >= 0.3 is 5.97 Å². The summed E-state index contributed by atoms with van der Waals surface area (Å²) in [6, 6.07) is 4.21. The average Bonchev–Trinajstić information content (AvgIpc) is 3.06. The maximum Gasteiger partial charge on any atom is 0.302 e. The van der Waals surface area contributed by atoms with Crippen LogP contribution in [0, 0.1) is 28.6 Å². The molecule has 4 aliphatic rings. The van der Waals surface area contributed by atoms with Gasteiger partial charge < -0.3 is 4.74 Å². The molecule has 0 saturated heterocycles. The maximum atomic E-state index is 11.6. The average molecular weight is 394 g/mol. The minimum Gasteiger partial charge on any atom is -0.462 e. The zero-order valence-electron chi connectivity index (χ0n) is 19.8. The normalized spacial score (nSPS) is 43.6. The third-order valence-corrected chi connectivity index (χ3v) is 8.59. The fourth-order valence-corrected chi connectivity index (χ4v) is 7.14. The molecule has 3 heteroatoms. The SMILES string of the molecule is [2H]C1([2H])C[C@@]2(C)C(=CCC3C2CC[C@]2(C)C(c4cccnc4)=CCC32)C[C@H]1OC(C)=O. The van der Waals surface area contributed by atoms with Crippen molar-refractivity contribution >= 4 is 11.5 Å². The third kappa shape index (κ3) is 2.92. The van der Waals surface area contributed by atoms with Crippen molar-refractivity contribution in [1.29, 1.82) is 0 Å². The van der Waals surface area contributed by atoms with Crippen LogP contribution in [0.5, 0.6) is 0 Å². The molecule has 3 nitrogen and oxygen atoms in total. The number of hydrogen-bond donors (Lipinski definition) is 0. The summed E-state index contributed by atoms with van der Waals surface area (Å²) in [6.45, 7) is 6.10. The fraction of sp³-hybridized carbons (Fsp3) is 0.615. The van der Waals surface area contributed by atoms with Crippen molar-refractivity contribution in [3.05, 3.63) is 47.8 Å². The molecule has 4 aliphatic carbocycles. The molecule has 0 aromatic carbocycles. The van der Waals surface area contributed by atoms with E-state index < -0.39 is 12.5 Å². The van der Waals surface area contributed by atoms with Crippen molar-refractivity contribution in [2.45, 2.75) is 71.8 Å². The molecular formula is C26H33NO2. The van der Waals surface area contributed by atoms with Crippen molar-refractivity contribution in [3.63, 3.8) is 0 Å². The van der Waals surface area contributed by atoms with E-state index in [9.17, 15) is 4.79 Å². The zero-order valence-corrected chi connectivity index (χ0v) is 17.8. The Morgan fingerprint density at radius 1 is 1.21 bits per heavy atom. The van der Waals surface area contributed by atoms with Gasteiger partial charge in [0.2, 0.25) is 0 Å². The Balaban J connectivity index is 1.45. The quantitative estimate of drug-likeness (QED) is 0.459. The number of hydrogen-bond acceptors (Lipinski definition) is 3. The number of nitrogens with zero attached hydrogens (tertiary/aromatic N) is 1. The molecule has 1 aromatic heterocycles. The van der Waals surface area contributed by atoms with Gasteiger partial charge in [0.25, 0.3) is 0 Å². The highest BCUT2D eigenvalue weighted by Crippen LogP contribution is 2.66. The molecular weight excluding hydrogens is 358 g/mol. The van der Waals surface area contributed by atoms with E-state index in [-0.39, 0.29) is 16.8 Å². The first-order chi connectivity index (χ1) is 14.6. The minimum absolute atomic E-state index is 0.151. The van der Waals surface area contributed by atoms with E-state index >= 15 is 0 Å². The van der Waals surface area contributed by atoms with Crippen LogP contribution in [0.1, 0.15) is 74.0 Å². The molecule has 3 unspecified atom stereocenters. The molecule has 0 N–H and O–H groups in total. The summed E-state index contributed by atoms with van der Waals surface area (Å²) in [5.74, 6) is 1.26. The minimum atomic E-state index is -1.49. The number of esters is 1. The Morgan fingerprint density at radius 3 is 2.83 bits per heavy atom. The molecule has 1 heterocycles. The lowest BCUT2D eigenvalue weighted by molar-refractivity contribution is -0.148. The smallest absolute Gasteiger partial charge is 0.302 e. The van der Waals surface area contributed by atoms with Gasteiger partial charge in [-0.05, 0) is 84.3 Å². The predicted molar refractivity (Wildman–Crippen MR) is 115 cm³/mol. The molecule has 29 heavy (non-hydrogen) atoms. The number of aromatic nitrogens is 1. The van der Waals surface area contributed by atoms with Gasteiger partial charge in [-0.3, -0.25) is 9.78 Å². The Labute approximate surface area is 177 Å². The van der Waals surface area contributed by atoms with Crippen LogP contribution in [0.4, 0.5) is 0 Å². The summed E-state index contributed by atoms with van der Waals surface area (Å²) in [4.78, 5) is 15.9. The number of rotatable bonds is 2. The molecule has 0 radical (unpaired) electrons. The molecule has 2 fully saturated rings. The van der Waals surface area contributed by atoms with Crippen LogP contribution in [0.2, 0.25) is 0 Å². The molecule has 1 aromatic rings. The molecule has 6 atom stereocenters. The lowest BCUT2D eigenvalue weighted by atomic mass is 9.47. The third-order valence-electron chi connectivity index (χ3n) is 8.59. The first-order valence-electron chi connectivity index (χ1n) is 12.1. The Morgan fingerprint density at radius 2 is 2.07 bits per heavy atom. The van der Waals surface area contributed by atoms with E-state index in [4.69, 9.17) is 7.48 Å². The second kappa shape index (κ2) is 6.82. The van der Waals surface area contributed by atoms with E-state index in [0.717, 1.165) is 25.7 Å². The number of carbonyl (C=O) groups is 1. The van der Waals surface area contributed by atoms with Crippen molar-refractivity contribution in [2.24, 2.45) is 28.6 Å². The molecule has 0 aliphatic heterocycles. The Kier molecular flexibility index (Phi) is 3.96. The summed E-state index contributed by atoms with van der Waals surface area (Å²) in [5, 5.41) is 0. The number of allylic oxidation sites excluding steroid dienone is 3. The van der Waals surface area contributed by atoms with Crippen LogP contribution in [0.15, 0.2) is 42.3 Å². The second-order valence-electron chi connectivity index (χ2n) is 9.99. The highest BCUT2D eigenvalue weighted by molar-refractivity contribution is 5.72. The van der Waals surface area contributed by atoms with E-state index in [1.807, 2.05) is 18.5 Å². The van der Waals surface area contributed by atoms with Crippen LogP contribution < -0.4 is 0 Å². The summed E-state index contributed by atoms with van der Waals surface area (Å²) >= 11 is 0. The monoisotopic (exact) mass is 393 g/mol. The van der Waals surface area contributed by atoms with Crippen molar-refractivity contribution in [1.82, 2.24) is 4.98 Å². The van der Waals surface area contributed by atoms with E-state index in [0.29, 0.717) is 30.6 Å². The summed E-state index contributed by atoms with van der Waals surface area (Å²) in [6.07, 6.45) is 11.9. The van der Waals surface area contributed by atoms with Gasteiger partial charge in [-0.25, -0.2) is 0 Å². The van der Waals surface area contributed by atoms with Crippen molar-refractivity contribution < 1.29 is 12.3 Å². The Hall–Kier alpha value is -1.90. The molecule has 154 valence electrons. The fourth-order valence-electron chi connectivity index (χ4n) is 7.14. The predicted octanol–water partition coefficient (Wildman–Crippen LogP) is 5.97. The number of carbonyl (C=O) groups excluding carboxylic acids is 1. The van der Waals surface area contributed by atoms with Crippen LogP contribution in [-0.4, -0.2) is 17.1 Å². The molecule has 0 spiro atoms. The van der Waals surface area contributed by atoms with Gasteiger partial charge in [0.05, 0.1) is 0 Å². The number of fused-ring (bicyclic) bond motifs is 5.